The predicted molar refractivity (Wildman–Crippen MR) is 57.5 cm³/mol. The molecule has 0 bridgehead atoms. The fourth-order valence-corrected chi connectivity index (χ4v) is 2.30. The largest absolute Gasteiger partial charge is 0.314 e. The molecule has 3 rings (SSSR count). The lowest BCUT2D eigenvalue weighted by Gasteiger charge is -2.10. The van der Waals surface area contributed by atoms with Crippen molar-refractivity contribution in [2.45, 2.75) is 44.7 Å². The molecule has 1 aliphatic carbocycles. The van der Waals surface area contributed by atoms with Crippen molar-refractivity contribution in [2.24, 2.45) is 5.92 Å². The SMILES string of the molecule is c1nc(CC2CCCN2)n(CC2CC2)n1. The predicted octanol–water partition coefficient (Wildman–Crippen LogP) is 0.983. The molecule has 0 aromatic carbocycles. The number of hydrogen-bond donors (Lipinski definition) is 1. The van der Waals surface area contributed by atoms with E-state index < -0.39 is 0 Å². The summed E-state index contributed by atoms with van der Waals surface area (Å²) in [5.74, 6) is 2.04. The summed E-state index contributed by atoms with van der Waals surface area (Å²) in [7, 11) is 0. The first-order valence-corrected chi connectivity index (χ1v) is 6.02. The van der Waals surface area contributed by atoms with Crippen LogP contribution in [0.5, 0.6) is 0 Å². The highest BCUT2D eigenvalue weighted by molar-refractivity contribution is 4.93. The lowest BCUT2D eigenvalue weighted by molar-refractivity contribution is 0.503. The lowest BCUT2D eigenvalue weighted by atomic mass is 10.1. The third-order valence-electron chi connectivity index (χ3n) is 3.42. The van der Waals surface area contributed by atoms with Gasteiger partial charge in [-0.05, 0) is 38.1 Å². The summed E-state index contributed by atoms with van der Waals surface area (Å²) in [5, 5.41) is 7.83. The highest BCUT2D eigenvalue weighted by atomic mass is 15.3. The zero-order chi connectivity index (χ0) is 10.1. The minimum Gasteiger partial charge on any atom is -0.314 e. The molecule has 82 valence electrons. The Morgan fingerprint density at radius 3 is 3.07 bits per heavy atom. The fraction of sp³-hybridized carbons (Fsp3) is 0.818. The van der Waals surface area contributed by atoms with Crippen molar-refractivity contribution in [1.29, 1.82) is 0 Å². The van der Waals surface area contributed by atoms with Crippen LogP contribution in [0.4, 0.5) is 0 Å². The summed E-state index contributed by atoms with van der Waals surface area (Å²) in [6.07, 6.45) is 8.10. The molecule has 0 amide bonds. The summed E-state index contributed by atoms with van der Waals surface area (Å²) in [5.41, 5.74) is 0. The van der Waals surface area contributed by atoms with E-state index in [-0.39, 0.29) is 0 Å². The molecule has 1 unspecified atom stereocenters. The molecule has 1 aromatic rings. The Kier molecular flexibility index (Phi) is 2.44. The molecule has 2 aliphatic rings. The molecule has 1 aliphatic heterocycles. The van der Waals surface area contributed by atoms with Gasteiger partial charge in [0.05, 0.1) is 0 Å². The summed E-state index contributed by atoms with van der Waals surface area (Å²) < 4.78 is 2.11. The molecule has 1 aromatic heterocycles. The highest BCUT2D eigenvalue weighted by Crippen LogP contribution is 2.30. The van der Waals surface area contributed by atoms with E-state index in [1.807, 2.05) is 0 Å². The summed E-state index contributed by atoms with van der Waals surface area (Å²) in [6, 6.07) is 0.632. The fourth-order valence-electron chi connectivity index (χ4n) is 2.30. The maximum absolute atomic E-state index is 4.37. The Morgan fingerprint density at radius 1 is 1.40 bits per heavy atom. The molecule has 4 heteroatoms. The molecule has 1 saturated heterocycles. The van der Waals surface area contributed by atoms with Crippen molar-refractivity contribution >= 4 is 0 Å². The Bertz CT molecular complexity index is 323. The van der Waals surface area contributed by atoms with Crippen molar-refractivity contribution in [3.05, 3.63) is 12.2 Å². The van der Waals surface area contributed by atoms with Gasteiger partial charge < -0.3 is 5.32 Å². The molecule has 15 heavy (non-hydrogen) atoms. The maximum Gasteiger partial charge on any atom is 0.138 e. The molecular weight excluding hydrogens is 188 g/mol. The number of rotatable bonds is 4. The van der Waals surface area contributed by atoms with Gasteiger partial charge in [0.1, 0.15) is 12.2 Å². The van der Waals surface area contributed by atoms with Gasteiger partial charge in [-0.25, -0.2) is 9.67 Å². The Morgan fingerprint density at radius 2 is 2.33 bits per heavy atom. The van der Waals surface area contributed by atoms with Crippen LogP contribution in [0.1, 0.15) is 31.5 Å². The third-order valence-corrected chi connectivity index (χ3v) is 3.42. The first-order valence-electron chi connectivity index (χ1n) is 6.02. The van der Waals surface area contributed by atoms with Gasteiger partial charge in [-0.2, -0.15) is 5.10 Å². The quantitative estimate of drug-likeness (QED) is 0.798. The maximum atomic E-state index is 4.37. The minimum absolute atomic E-state index is 0.632. The molecular formula is C11H18N4. The first-order chi connectivity index (χ1) is 7.42. The van der Waals surface area contributed by atoms with Crippen LogP contribution < -0.4 is 5.32 Å². The topological polar surface area (TPSA) is 42.7 Å². The Balaban J connectivity index is 1.64. The monoisotopic (exact) mass is 206 g/mol. The average Bonchev–Trinajstić information content (AvgIpc) is 2.75. The van der Waals surface area contributed by atoms with Gasteiger partial charge in [-0.3, -0.25) is 0 Å². The van der Waals surface area contributed by atoms with Crippen LogP contribution in [0, 0.1) is 5.92 Å². The Hall–Kier alpha value is -0.900. The normalized spacial score (nSPS) is 26.0. The number of nitrogens with one attached hydrogen (secondary N) is 1. The summed E-state index contributed by atoms with van der Waals surface area (Å²) >= 11 is 0. The van der Waals surface area contributed by atoms with Crippen molar-refractivity contribution in [2.75, 3.05) is 6.54 Å². The van der Waals surface area contributed by atoms with Crippen LogP contribution in [-0.4, -0.2) is 27.4 Å². The van der Waals surface area contributed by atoms with E-state index in [1.165, 1.54) is 38.1 Å². The summed E-state index contributed by atoms with van der Waals surface area (Å²) in [6.45, 7) is 2.25. The van der Waals surface area contributed by atoms with E-state index in [0.29, 0.717) is 6.04 Å². The first kappa shape index (κ1) is 9.33. The van der Waals surface area contributed by atoms with Gasteiger partial charge in [0.15, 0.2) is 0 Å². The summed E-state index contributed by atoms with van der Waals surface area (Å²) in [4.78, 5) is 4.37. The van der Waals surface area contributed by atoms with Crippen LogP contribution >= 0.6 is 0 Å². The smallest absolute Gasteiger partial charge is 0.138 e. The molecule has 1 atom stereocenters. The van der Waals surface area contributed by atoms with E-state index >= 15 is 0 Å². The second-order valence-electron chi connectivity index (χ2n) is 4.80. The zero-order valence-electron chi connectivity index (χ0n) is 9.02. The number of hydrogen-bond acceptors (Lipinski definition) is 3. The van der Waals surface area contributed by atoms with Gasteiger partial charge in [-0.15, -0.1) is 0 Å². The van der Waals surface area contributed by atoms with E-state index in [4.69, 9.17) is 0 Å². The second-order valence-corrected chi connectivity index (χ2v) is 4.80. The van der Waals surface area contributed by atoms with E-state index in [1.54, 1.807) is 6.33 Å². The van der Waals surface area contributed by atoms with Crippen molar-refractivity contribution in [3.63, 3.8) is 0 Å². The van der Waals surface area contributed by atoms with Crippen LogP contribution in [0.15, 0.2) is 6.33 Å². The Labute approximate surface area is 90.1 Å². The zero-order valence-corrected chi connectivity index (χ0v) is 9.02. The average molecular weight is 206 g/mol. The third kappa shape index (κ3) is 2.20. The standard InChI is InChI=1S/C11H18N4/c1-2-10(12-5-1)6-11-13-8-14-15(11)7-9-3-4-9/h8-10,12H,1-7H2. The van der Waals surface area contributed by atoms with Crippen LogP contribution in [-0.2, 0) is 13.0 Å². The molecule has 0 spiro atoms. The molecule has 0 radical (unpaired) electrons. The van der Waals surface area contributed by atoms with E-state index in [2.05, 4.69) is 20.1 Å². The van der Waals surface area contributed by atoms with E-state index in [9.17, 15) is 0 Å². The van der Waals surface area contributed by atoms with Crippen LogP contribution in [0.2, 0.25) is 0 Å². The van der Waals surface area contributed by atoms with Crippen molar-refractivity contribution < 1.29 is 0 Å². The van der Waals surface area contributed by atoms with Crippen LogP contribution in [0.3, 0.4) is 0 Å². The number of nitrogens with zero attached hydrogens (tertiary/aromatic N) is 3. The van der Waals surface area contributed by atoms with E-state index in [0.717, 1.165) is 18.9 Å². The van der Waals surface area contributed by atoms with Crippen molar-refractivity contribution in [3.8, 4) is 0 Å². The molecule has 4 nitrogen and oxygen atoms in total. The van der Waals surface area contributed by atoms with Crippen molar-refractivity contribution in [1.82, 2.24) is 20.1 Å². The van der Waals surface area contributed by atoms with Gasteiger partial charge >= 0.3 is 0 Å². The van der Waals surface area contributed by atoms with Gasteiger partial charge in [0, 0.05) is 19.0 Å². The number of aromatic nitrogens is 3. The molecule has 2 fully saturated rings. The van der Waals surface area contributed by atoms with Gasteiger partial charge in [0.25, 0.3) is 0 Å². The molecule has 1 N–H and O–H groups in total. The van der Waals surface area contributed by atoms with Gasteiger partial charge in [-0.1, -0.05) is 0 Å². The molecule has 2 heterocycles. The molecule has 1 saturated carbocycles. The lowest BCUT2D eigenvalue weighted by Crippen LogP contribution is -2.25. The highest BCUT2D eigenvalue weighted by Gasteiger charge is 2.24. The minimum atomic E-state index is 0.632. The van der Waals surface area contributed by atoms with Crippen LogP contribution in [0.25, 0.3) is 0 Å². The second kappa shape index (κ2) is 3.93. The van der Waals surface area contributed by atoms with Gasteiger partial charge in [0.2, 0.25) is 0 Å².